The second kappa shape index (κ2) is 6.05. The third-order valence-electron chi connectivity index (χ3n) is 3.75. The number of halogens is 2. The Balaban J connectivity index is 2.12. The second-order valence-corrected chi connectivity index (χ2v) is 6.02. The summed E-state index contributed by atoms with van der Waals surface area (Å²) < 4.78 is 16.8. The monoisotopic (exact) mass is 330 g/mol. The molecule has 1 aromatic heterocycles. The van der Waals surface area contributed by atoms with Gasteiger partial charge in [-0.3, -0.25) is 9.48 Å². The van der Waals surface area contributed by atoms with Crippen molar-refractivity contribution in [3.05, 3.63) is 86.5 Å². The predicted molar refractivity (Wildman–Crippen MR) is 90.0 cm³/mol. The number of aromatic nitrogens is 2. The maximum absolute atomic E-state index is 13.4. The summed E-state index contributed by atoms with van der Waals surface area (Å²) in [5.74, 6) is -0.289. The largest absolute Gasteiger partial charge is 0.280 e. The molecule has 0 radical (unpaired) electrons. The lowest BCUT2D eigenvalue weighted by molar-refractivity contribution is 0.583. The van der Waals surface area contributed by atoms with Gasteiger partial charge in [-0.1, -0.05) is 23.7 Å². The first-order valence-electron chi connectivity index (χ1n) is 7.26. The van der Waals surface area contributed by atoms with E-state index in [9.17, 15) is 9.18 Å². The van der Waals surface area contributed by atoms with E-state index in [1.807, 2.05) is 25.1 Å². The number of hydrogen-bond acceptors (Lipinski definition) is 1. The van der Waals surface area contributed by atoms with Crippen LogP contribution in [0.15, 0.2) is 53.5 Å². The van der Waals surface area contributed by atoms with Crippen molar-refractivity contribution < 1.29 is 4.39 Å². The van der Waals surface area contributed by atoms with Gasteiger partial charge < -0.3 is 0 Å². The Labute approximate surface area is 138 Å². The van der Waals surface area contributed by atoms with Gasteiger partial charge in [0.15, 0.2) is 0 Å². The van der Waals surface area contributed by atoms with Crippen LogP contribution in [0, 0.1) is 19.7 Å². The highest BCUT2D eigenvalue weighted by atomic mass is 35.5. The van der Waals surface area contributed by atoms with E-state index in [1.165, 1.54) is 12.1 Å². The Morgan fingerprint density at radius 3 is 2.57 bits per heavy atom. The zero-order valence-electron chi connectivity index (χ0n) is 12.9. The number of benzene rings is 2. The third-order valence-corrected chi connectivity index (χ3v) is 3.98. The van der Waals surface area contributed by atoms with E-state index in [4.69, 9.17) is 11.6 Å². The average molecular weight is 331 g/mol. The lowest BCUT2D eigenvalue weighted by atomic mass is 10.2. The molecule has 0 spiro atoms. The Bertz CT molecular complexity index is 927. The quantitative estimate of drug-likeness (QED) is 0.710. The maximum Gasteiger partial charge on any atom is 0.274 e. The third kappa shape index (κ3) is 3.08. The summed E-state index contributed by atoms with van der Waals surface area (Å²) in [6.07, 6.45) is 1.78. The SMILES string of the molecule is Cc1cc(Cl)ccc1-n1c(=O)c(C)cn1Cc1cccc(F)c1. The molecule has 0 saturated heterocycles. The van der Waals surface area contributed by atoms with Crippen LogP contribution in [-0.2, 0) is 6.54 Å². The molecule has 0 unspecified atom stereocenters. The Morgan fingerprint density at radius 1 is 1.09 bits per heavy atom. The first-order chi connectivity index (χ1) is 11.0. The molecule has 3 nitrogen and oxygen atoms in total. The standard InChI is InChI=1S/C18H16ClFN2O/c1-12-8-15(19)6-7-17(12)22-18(23)13(2)10-21(22)11-14-4-3-5-16(20)9-14/h3-10H,11H2,1-2H3. The van der Waals surface area contributed by atoms with Gasteiger partial charge in [0.2, 0.25) is 0 Å². The highest BCUT2D eigenvalue weighted by Crippen LogP contribution is 2.19. The van der Waals surface area contributed by atoms with Gasteiger partial charge in [0.1, 0.15) is 5.82 Å². The molecule has 23 heavy (non-hydrogen) atoms. The molecule has 5 heteroatoms. The highest BCUT2D eigenvalue weighted by Gasteiger charge is 2.13. The number of hydrogen-bond donors (Lipinski definition) is 0. The first-order valence-corrected chi connectivity index (χ1v) is 7.63. The molecule has 0 saturated carbocycles. The smallest absolute Gasteiger partial charge is 0.274 e. The van der Waals surface area contributed by atoms with Crippen LogP contribution in [0.2, 0.25) is 5.02 Å². The molecular formula is C18H16ClFN2O. The van der Waals surface area contributed by atoms with Crippen molar-refractivity contribution in [1.82, 2.24) is 9.36 Å². The zero-order valence-corrected chi connectivity index (χ0v) is 13.6. The molecule has 0 amide bonds. The molecule has 0 aliphatic rings. The van der Waals surface area contributed by atoms with E-state index in [2.05, 4.69) is 0 Å². The van der Waals surface area contributed by atoms with E-state index in [0.717, 1.165) is 16.8 Å². The van der Waals surface area contributed by atoms with Crippen LogP contribution in [0.25, 0.3) is 5.69 Å². The van der Waals surface area contributed by atoms with Crippen LogP contribution in [0.3, 0.4) is 0 Å². The van der Waals surface area contributed by atoms with Crippen molar-refractivity contribution >= 4 is 11.6 Å². The van der Waals surface area contributed by atoms with E-state index >= 15 is 0 Å². The summed E-state index contributed by atoms with van der Waals surface area (Å²) >= 11 is 6.00. The van der Waals surface area contributed by atoms with Gasteiger partial charge in [-0.05, 0) is 55.3 Å². The van der Waals surface area contributed by atoms with Crippen LogP contribution in [0.1, 0.15) is 16.7 Å². The molecule has 3 rings (SSSR count). The fraction of sp³-hybridized carbons (Fsp3) is 0.167. The lowest BCUT2D eigenvalue weighted by Gasteiger charge is -2.14. The fourth-order valence-corrected chi connectivity index (χ4v) is 2.89. The summed E-state index contributed by atoms with van der Waals surface area (Å²) in [4.78, 5) is 12.5. The van der Waals surface area contributed by atoms with Crippen molar-refractivity contribution in [3.63, 3.8) is 0 Å². The van der Waals surface area contributed by atoms with Crippen LogP contribution < -0.4 is 5.56 Å². The second-order valence-electron chi connectivity index (χ2n) is 5.59. The molecule has 0 bridgehead atoms. The molecule has 2 aromatic carbocycles. The number of nitrogens with zero attached hydrogens (tertiary/aromatic N) is 2. The van der Waals surface area contributed by atoms with Crippen molar-refractivity contribution in [1.29, 1.82) is 0 Å². The summed E-state index contributed by atoms with van der Waals surface area (Å²) in [7, 11) is 0. The minimum Gasteiger partial charge on any atom is -0.280 e. The lowest BCUT2D eigenvalue weighted by Crippen LogP contribution is -2.23. The minimum atomic E-state index is -0.289. The molecule has 0 aliphatic carbocycles. The molecule has 1 heterocycles. The zero-order chi connectivity index (χ0) is 16.6. The van der Waals surface area contributed by atoms with Crippen molar-refractivity contribution in [2.75, 3.05) is 0 Å². The van der Waals surface area contributed by atoms with Gasteiger partial charge in [-0.25, -0.2) is 9.07 Å². The van der Waals surface area contributed by atoms with Gasteiger partial charge in [0.25, 0.3) is 5.56 Å². The van der Waals surface area contributed by atoms with E-state index in [0.29, 0.717) is 17.1 Å². The molecule has 0 fully saturated rings. The fourth-order valence-electron chi connectivity index (χ4n) is 2.66. The Morgan fingerprint density at radius 2 is 1.87 bits per heavy atom. The molecule has 0 atom stereocenters. The number of aryl methyl sites for hydroxylation is 2. The van der Waals surface area contributed by atoms with Gasteiger partial charge in [-0.15, -0.1) is 0 Å². The molecule has 3 aromatic rings. The average Bonchev–Trinajstić information content (AvgIpc) is 2.75. The van der Waals surface area contributed by atoms with Crippen LogP contribution in [0.5, 0.6) is 0 Å². The molecule has 0 aliphatic heterocycles. The summed E-state index contributed by atoms with van der Waals surface area (Å²) in [5.41, 5.74) is 3.00. The Hall–Kier alpha value is -2.33. The van der Waals surface area contributed by atoms with Gasteiger partial charge >= 0.3 is 0 Å². The highest BCUT2D eigenvalue weighted by molar-refractivity contribution is 6.30. The summed E-state index contributed by atoms with van der Waals surface area (Å²) in [6.45, 7) is 4.08. The van der Waals surface area contributed by atoms with Gasteiger partial charge in [-0.2, -0.15) is 0 Å². The summed E-state index contributed by atoms with van der Waals surface area (Å²) in [6, 6.07) is 11.8. The summed E-state index contributed by atoms with van der Waals surface area (Å²) in [5, 5.41) is 0.624. The van der Waals surface area contributed by atoms with E-state index < -0.39 is 0 Å². The Kier molecular flexibility index (Phi) is 4.09. The number of rotatable bonds is 3. The van der Waals surface area contributed by atoms with E-state index in [-0.39, 0.29) is 11.4 Å². The van der Waals surface area contributed by atoms with Crippen molar-refractivity contribution in [2.45, 2.75) is 20.4 Å². The maximum atomic E-state index is 13.4. The molecular weight excluding hydrogens is 315 g/mol. The molecule has 0 N–H and O–H groups in total. The topological polar surface area (TPSA) is 26.9 Å². The van der Waals surface area contributed by atoms with Crippen molar-refractivity contribution in [2.24, 2.45) is 0 Å². The predicted octanol–water partition coefficient (Wildman–Crippen LogP) is 4.10. The van der Waals surface area contributed by atoms with Crippen molar-refractivity contribution in [3.8, 4) is 5.69 Å². The molecule has 118 valence electrons. The first kappa shape index (κ1) is 15.6. The van der Waals surface area contributed by atoms with Crippen LogP contribution in [-0.4, -0.2) is 9.36 Å². The van der Waals surface area contributed by atoms with Crippen LogP contribution >= 0.6 is 11.6 Å². The van der Waals surface area contributed by atoms with E-state index in [1.54, 1.807) is 34.6 Å². The minimum absolute atomic E-state index is 0.0909. The van der Waals surface area contributed by atoms with Gasteiger partial charge in [0, 0.05) is 16.8 Å². The van der Waals surface area contributed by atoms with Crippen LogP contribution in [0.4, 0.5) is 4.39 Å². The normalized spacial score (nSPS) is 11.0. The van der Waals surface area contributed by atoms with Gasteiger partial charge in [0.05, 0.1) is 12.2 Å².